The Labute approximate surface area is 166 Å². The summed E-state index contributed by atoms with van der Waals surface area (Å²) in [5.74, 6) is -1.85. The Morgan fingerprint density at radius 2 is 1.55 bits per heavy atom. The third kappa shape index (κ3) is 4.84. The molecule has 8 heteroatoms. The van der Waals surface area contributed by atoms with Gasteiger partial charge in [-0.05, 0) is 36.8 Å². The fraction of sp³-hybridized carbons (Fsp3) is 0.238. The van der Waals surface area contributed by atoms with Crippen LogP contribution < -0.4 is 10.6 Å². The number of rotatable bonds is 8. The zero-order valence-electron chi connectivity index (χ0n) is 15.6. The smallest absolute Gasteiger partial charge is 0.261 e. The van der Waals surface area contributed by atoms with Crippen LogP contribution in [0.15, 0.2) is 48.5 Å². The molecule has 0 saturated heterocycles. The molecule has 1 aliphatic rings. The van der Waals surface area contributed by atoms with Gasteiger partial charge < -0.3 is 10.6 Å². The number of carbonyl (C=O) groups excluding carboxylic acids is 4. The average Bonchev–Trinajstić information content (AvgIpc) is 2.96. The first-order valence-electron chi connectivity index (χ1n) is 9.23. The standard InChI is InChI=1S/C21H20FN3O4/c22-15-6-3-5-14(13-15)19(27)24-11-10-23-18(26)9-4-12-25-20(28)16-7-1-2-8-17(16)21(25)29/h1-3,5-8,13H,4,9-12H2,(H,23,26)(H,24,27). The molecule has 150 valence electrons. The Kier molecular flexibility index (Phi) is 6.33. The molecule has 1 aliphatic heterocycles. The normalized spacial score (nSPS) is 12.7. The van der Waals surface area contributed by atoms with Gasteiger partial charge in [0.1, 0.15) is 5.82 Å². The number of benzene rings is 2. The summed E-state index contributed by atoms with van der Waals surface area (Å²) in [6.07, 6.45) is 0.484. The SMILES string of the molecule is O=C(CCCN1C(=O)c2ccccc2C1=O)NCCNC(=O)c1cccc(F)c1. The van der Waals surface area contributed by atoms with Gasteiger partial charge in [0.15, 0.2) is 0 Å². The molecule has 0 aromatic heterocycles. The fourth-order valence-electron chi connectivity index (χ4n) is 3.04. The van der Waals surface area contributed by atoms with E-state index in [1.807, 2.05) is 0 Å². The molecule has 1 heterocycles. The first kappa shape index (κ1) is 20.2. The van der Waals surface area contributed by atoms with E-state index in [9.17, 15) is 23.6 Å². The lowest BCUT2D eigenvalue weighted by Crippen LogP contribution is -2.35. The number of amides is 4. The minimum absolute atomic E-state index is 0.144. The van der Waals surface area contributed by atoms with Crippen LogP contribution in [0.5, 0.6) is 0 Å². The Hall–Kier alpha value is -3.55. The lowest BCUT2D eigenvalue weighted by atomic mass is 10.1. The van der Waals surface area contributed by atoms with Crippen molar-refractivity contribution in [3.8, 4) is 0 Å². The number of halogens is 1. The van der Waals surface area contributed by atoms with Crippen LogP contribution in [-0.2, 0) is 4.79 Å². The van der Waals surface area contributed by atoms with Gasteiger partial charge in [-0.25, -0.2) is 4.39 Å². The quantitative estimate of drug-likeness (QED) is 0.524. The molecule has 2 aromatic rings. The van der Waals surface area contributed by atoms with E-state index in [0.717, 1.165) is 11.0 Å². The molecule has 0 aliphatic carbocycles. The zero-order chi connectivity index (χ0) is 20.8. The molecule has 0 atom stereocenters. The average molecular weight is 397 g/mol. The third-order valence-electron chi connectivity index (χ3n) is 4.48. The van der Waals surface area contributed by atoms with E-state index in [0.29, 0.717) is 17.5 Å². The number of nitrogens with one attached hydrogen (secondary N) is 2. The number of hydrogen-bond donors (Lipinski definition) is 2. The van der Waals surface area contributed by atoms with Crippen molar-refractivity contribution in [3.63, 3.8) is 0 Å². The van der Waals surface area contributed by atoms with Crippen LogP contribution in [0.1, 0.15) is 43.9 Å². The van der Waals surface area contributed by atoms with Crippen molar-refractivity contribution < 1.29 is 23.6 Å². The summed E-state index contributed by atoms with van der Waals surface area (Å²) in [4.78, 5) is 49.4. The van der Waals surface area contributed by atoms with Crippen molar-refractivity contribution in [3.05, 3.63) is 71.0 Å². The van der Waals surface area contributed by atoms with Crippen molar-refractivity contribution in [2.24, 2.45) is 0 Å². The molecule has 2 aromatic carbocycles. The van der Waals surface area contributed by atoms with Crippen LogP contribution in [-0.4, -0.2) is 48.2 Å². The minimum Gasteiger partial charge on any atom is -0.354 e. The number of imide groups is 1. The predicted molar refractivity (Wildman–Crippen MR) is 103 cm³/mol. The first-order chi connectivity index (χ1) is 14.0. The van der Waals surface area contributed by atoms with Crippen molar-refractivity contribution in [2.75, 3.05) is 19.6 Å². The maximum Gasteiger partial charge on any atom is 0.261 e. The van der Waals surface area contributed by atoms with Gasteiger partial charge in [-0.2, -0.15) is 0 Å². The van der Waals surface area contributed by atoms with Crippen LogP contribution in [0.25, 0.3) is 0 Å². The highest BCUT2D eigenvalue weighted by Crippen LogP contribution is 2.22. The monoisotopic (exact) mass is 397 g/mol. The minimum atomic E-state index is -0.496. The van der Waals surface area contributed by atoms with E-state index in [1.54, 1.807) is 24.3 Å². The molecule has 0 unspecified atom stereocenters. The van der Waals surface area contributed by atoms with Crippen LogP contribution in [0, 0.1) is 5.82 Å². The number of fused-ring (bicyclic) bond motifs is 1. The highest BCUT2D eigenvalue weighted by Gasteiger charge is 2.34. The molecule has 3 rings (SSSR count). The van der Waals surface area contributed by atoms with E-state index >= 15 is 0 Å². The summed E-state index contributed by atoms with van der Waals surface area (Å²) < 4.78 is 13.1. The topological polar surface area (TPSA) is 95.6 Å². The summed E-state index contributed by atoms with van der Waals surface area (Å²) in [6, 6.07) is 11.9. The second-order valence-electron chi connectivity index (χ2n) is 6.53. The summed E-state index contributed by atoms with van der Waals surface area (Å²) in [6.45, 7) is 0.572. The van der Waals surface area contributed by atoms with E-state index in [2.05, 4.69) is 10.6 Å². The van der Waals surface area contributed by atoms with E-state index in [1.165, 1.54) is 18.2 Å². The van der Waals surface area contributed by atoms with E-state index in [4.69, 9.17) is 0 Å². The van der Waals surface area contributed by atoms with Crippen LogP contribution in [0.4, 0.5) is 4.39 Å². The van der Waals surface area contributed by atoms with Gasteiger partial charge in [0.25, 0.3) is 17.7 Å². The molecule has 0 saturated carbocycles. The number of nitrogens with zero attached hydrogens (tertiary/aromatic N) is 1. The summed E-state index contributed by atoms with van der Waals surface area (Å²) in [5, 5.41) is 5.24. The molecule has 0 fully saturated rings. The van der Waals surface area contributed by atoms with Crippen molar-refractivity contribution in [2.45, 2.75) is 12.8 Å². The summed E-state index contributed by atoms with van der Waals surface area (Å²) in [5.41, 5.74) is 0.976. The van der Waals surface area contributed by atoms with Crippen molar-refractivity contribution >= 4 is 23.6 Å². The Bertz CT molecular complexity index is 925. The van der Waals surface area contributed by atoms with Gasteiger partial charge in [-0.3, -0.25) is 24.1 Å². The van der Waals surface area contributed by atoms with Gasteiger partial charge in [-0.1, -0.05) is 18.2 Å². The molecule has 0 radical (unpaired) electrons. The van der Waals surface area contributed by atoms with Crippen molar-refractivity contribution in [1.82, 2.24) is 15.5 Å². The highest BCUT2D eigenvalue weighted by molar-refractivity contribution is 6.21. The lowest BCUT2D eigenvalue weighted by molar-refractivity contribution is -0.121. The maximum absolute atomic E-state index is 13.1. The second kappa shape index (κ2) is 9.09. The van der Waals surface area contributed by atoms with Gasteiger partial charge in [0, 0.05) is 31.6 Å². The molecule has 2 N–H and O–H groups in total. The van der Waals surface area contributed by atoms with Gasteiger partial charge in [-0.15, -0.1) is 0 Å². The first-order valence-corrected chi connectivity index (χ1v) is 9.23. The van der Waals surface area contributed by atoms with E-state index < -0.39 is 11.7 Å². The Morgan fingerprint density at radius 3 is 2.21 bits per heavy atom. The van der Waals surface area contributed by atoms with Gasteiger partial charge in [0.2, 0.25) is 5.91 Å². The Morgan fingerprint density at radius 1 is 0.897 bits per heavy atom. The predicted octanol–water partition coefficient (Wildman–Crippen LogP) is 1.75. The number of hydrogen-bond acceptors (Lipinski definition) is 4. The van der Waals surface area contributed by atoms with Gasteiger partial charge >= 0.3 is 0 Å². The number of carbonyl (C=O) groups is 4. The lowest BCUT2D eigenvalue weighted by Gasteiger charge is -2.13. The van der Waals surface area contributed by atoms with E-state index in [-0.39, 0.29) is 49.3 Å². The van der Waals surface area contributed by atoms with Crippen LogP contribution in [0.2, 0.25) is 0 Å². The molecule has 0 spiro atoms. The fourth-order valence-corrected chi connectivity index (χ4v) is 3.04. The molecule has 4 amide bonds. The van der Waals surface area contributed by atoms with Crippen molar-refractivity contribution in [1.29, 1.82) is 0 Å². The molecule has 0 bridgehead atoms. The molecular formula is C21H20FN3O4. The molecule has 29 heavy (non-hydrogen) atoms. The maximum atomic E-state index is 13.1. The Balaban J connectivity index is 1.34. The third-order valence-corrected chi connectivity index (χ3v) is 4.48. The molecule has 7 nitrogen and oxygen atoms in total. The molecular weight excluding hydrogens is 377 g/mol. The van der Waals surface area contributed by atoms with Crippen LogP contribution in [0.3, 0.4) is 0 Å². The largest absolute Gasteiger partial charge is 0.354 e. The zero-order valence-corrected chi connectivity index (χ0v) is 15.6. The second-order valence-corrected chi connectivity index (χ2v) is 6.53. The van der Waals surface area contributed by atoms with Gasteiger partial charge in [0.05, 0.1) is 11.1 Å². The van der Waals surface area contributed by atoms with Crippen LogP contribution >= 0.6 is 0 Å². The summed E-state index contributed by atoms with van der Waals surface area (Å²) in [7, 11) is 0. The summed E-state index contributed by atoms with van der Waals surface area (Å²) >= 11 is 0. The highest BCUT2D eigenvalue weighted by atomic mass is 19.1.